The van der Waals surface area contributed by atoms with Crippen molar-refractivity contribution in [1.29, 1.82) is 0 Å². The second-order valence-corrected chi connectivity index (χ2v) is 9.36. The minimum absolute atomic E-state index is 0. The Morgan fingerprint density at radius 1 is 0.780 bits per heavy atom. The van der Waals surface area contributed by atoms with E-state index in [0.717, 1.165) is 50.2 Å². The third-order valence-corrected chi connectivity index (χ3v) is 6.27. The molecule has 6 aromatic rings. The third-order valence-electron chi connectivity index (χ3n) is 6.27. The maximum Gasteiger partial charge on any atom is 0.155 e. The molecule has 1 N–H and O–H groups in total. The number of rotatable bonds is 5. The molecule has 0 aliphatic carbocycles. The molecule has 0 spiro atoms. The summed E-state index contributed by atoms with van der Waals surface area (Å²) in [7, 11) is 0. The van der Waals surface area contributed by atoms with Crippen molar-refractivity contribution in [2.24, 2.45) is 0 Å². The molecule has 0 amide bonds. The fourth-order valence-corrected chi connectivity index (χ4v) is 4.55. The normalized spacial score (nSPS) is 10.8. The number of ketones is 1. The van der Waals surface area contributed by atoms with E-state index in [-0.39, 0.29) is 31.6 Å². The molecule has 4 aromatic carbocycles. The summed E-state index contributed by atoms with van der Waals surface area (Å²) in [5, 5.41) is 9.41. The van der Waals surface area contributed by atoms with Crippen LogP contribution in [0, 0.1) is 6.07 Å². The van der Waals surface area contributed by atoms with Gasteiger partial charge in [-0.3, -0.25) is 4.79 Å². The van der Waals surface area contributed by atoms with Crippen molar-refractivity contribution in [2.45, 2.75) is 13.8 Å². The van der Waals surface area contributed by atoms with Gasteiger partial charge in [-0.2, -0.15) is 0 Å². The number of pyridine rings is 1. The Balaban J connectivity index is 0.000000434. The van der Waals surface area contributed by atoms with Crippen LogP contribution in [-0.2, 0) is 24.9 Å². The Hall–Kier alpha value is -4.57. The summed E-state index contributed by atoms with van der Waals surface area (Å²) in [6.07, 6.45) is 2.99. The van der Waals surface area contributed by atoms with Crippen molar-refractivity contribution in [1.82, 2.24) is 4.98 Å². The molecule has 2 heterocycles. The quantitative estimate of drug-likeness (QED) is 0.110. The number of fused-ring (bicyclic) bond motifs is 1. The number of hydrogen-bond acceptors (Lipinski definition) is 4. The zero-order chi connectivity index (χ0) is 27.9. The molecule has 0 aliphatic rings. The van der Waals surface area contributed by atoms with Gasteiger partial charge in [-0.25, -0.2) is 0 Å². The minimum atomic E-state index is -0.125. The van der Waals surface area contributed by atoms with Gasteiger partial charge in [0.05, 0.1) is 12.0 Å². The Kier molecular flexibility index (Phi) is 9.81. The van der Waals surface area contributed by atoms with Gasteiger partial charge in [-0.1, -0.05) is 97.1 Å². The Morgan fingerprint density at radius 2 is 1.37 bits per heavy atom. The van der Waals surface area contributed by atoms with Gasteiger partial charge < -0.3 is 14.5 Å². The summed E-state index contributed by atoms with van der Waals surface area (Å²) < 4.78 is 6.35. The van der Waals surface area contributed by atoms with Crippen molar-refractivity contribution in [2.75, 3.05) is 0 Å². The maximum atomic E-state index is 10.0. The van der Waals surface area contributed by atoms with Gasteiger partial charge in [-0.05, 0) is 30.7 Å². The molecule has 0 unspecified atom stereocenters. The van der Waals surface area contributed by atoms with Crippen LogP contribution in [0.4, 0.5) is 0 Å². The third kappa shape index (κ3) is 7.15. The van der Waals surface area contributed by atoms with E-state index in [4.69, 9.17) is 14.5 Å². The van der Waals surface area contributed by atoms with E-state index in [1.807, 2.05) is 42.6 Å². The number of aromatic nitrogens is 1. The standard InChI is InChI=1S/C31H20NO.C5H8O2.Ir/c1-4-11-22(12-5-1)25-17-10-18-26(19-25)28-20-27-29(21-32-28)33-31(24-15-8-3-9-16-24)30(27)23-13-6-2-7-14-23;1-4(6)3-5(2)7;/h1-17,19-21H;3,6H,1-2H3;/q-1;;/b;4-3-;. The molecule has 0 saturated carbocycles. The molecule has 0 atom stereocenters. The first-order valence-electron chi connectivity index (χ1n) is 13.0. The number of aliphatic hydroxyl groups is 1. The van der Waals surface area contributed by atoms with E-state index < -0.39 is 0 Å². The van der Waals surface area contributed by atoms with Crippen LogP contribution in [0.15, 0.2) is 138 Å². The average Bonchev–Trinajstić information content (AvgIpc) is 3.37. The molecule has 6 rings (SSSR count). The first kappa shape index (κ1) is 29.4. The largest absolute Gasteiger partial charge is 0.512 e. The first-order valence-corrected chi connectivity index (χ1v) is 13.0. The van der Waals surface area contributed by atoms with Crippen LogP contribution in [0.3, 0.4) is 0 Å². The second-order valence-electron chi connectivity index (χ2n) is 9.36. The summed E-state index contributed by atoms with van der Waals surface area (Å²) >= 11 is 0. The molecule has 5 heteroatoms. The number of benzene rings is 4. The van der Waals surface area contributed by atoms with Crippen LogP contribution in [0.1, 0.15) is 13.8 Å². The number of allylic oxidation sites excluding steroid dienone is 2. The number of carbonyl (C=O) groups is 1. The van der Waals surface area contributed by atoms with E-state index in [9.17, 15) is 4.79 Å². The molecule has 0 saturated heterocycles. The second kappa shape index (κ2) is 13.7. The van der Waals surface area contributed by atoms with Gasteiger partial charge >= 0.3 is 0 Å². The zero-order valence-corrected chi connectivity index (χ0v) is 25.1. The van der Waals surface area contributed by atoms with Crippen LogP contribution in [0.5, 0.6) is 0 Å². The van der Waals surface area contributed by atoms with Crippen LogP contribution in [0.2, 0.25) is 0 Å². The molecule has 0 aliphatic heterocycles. The summed E-state index contributed by atoms with van der Waals surface area (Å²) in [6.45, 7) is 2.85. The number of hydrogen-bond donors (Lipinski definition) is 1. The van der Waals surface area contributed by atoms with Crippen molar-refractivity contribution in [3.63, 3.8) is 0 Å². The number of carbonyl (C=O) groups excluding carboxylic acids is 1. The molecule has 1 radical (unpaired) electrons. The molecule has 0 bridgehead atoms. The van der Waals surface area contributed by atoms with E-state index in [0.29, 0.717) is 0 Å². The van der Waals surface area contributed by atoms with Gasteiger partial charge in [0.1, 0.15) is 5.76 Å². The van der Waals surface area contributed by atoms with Crippen molar-refractivity contribution < 1.29 is 34.4 Å². The summed E-state index contributed by atoms with van der Waals surface area (Å²) in [5.74, 6) is 0.797. The Morgan fingerprint density at radius 3 is 1.93 bits per heavy atom. The molecule has 0 fully saturated rings. The predicted octanol–water partition coefficient (Wildman–Crippen LogP) is 9.33. The minimum Gasteiger partial charge on any atom is -0.512 e. The van der Waals surface area contributed by atoms with E-state index in [1.54, 1.807) is 0 Å². The summed E-state index contributed by atoms with van der Waals surface area (Å²) in [4.78, 5) is 14.7. The van der Waals surface area contributed by atoms with Gasteiger partial charge in [0, 0.05) is 42.7 Å². The van der Waals surface area contributed by atoms with Gasteiger partial charge in [0.15, 0.2) is 11.4 Å². The van der Waals surface area contributed by atoms with Crippen LogP contribution < -0.4 is 0 Å². The molecular formula is C36H28IrNO3-. The van der Waals surface area contributed by atoms with E-state index >= 15 is 0 Å². The van der Waals surface area contributed by atoms with Crippen molar-refractivity contribution >= 4 is 16.8 Å². The van der Waals surface area contributed by atoms with Crippen molar-refractivity contribution in [3.05, 3.63) is 139 Å². The summed E-state index contributed by atoms with van der Waals surface area (Å²) in [6, 6.07) is 42.7. The average molecular weight is 715 g/mol. The van der Waals surface area contributed by atoms with Crippen LogP contribution in [0.25, 0.3) is 55.8 Å². The first-order chi connectivity index (χ1) is 19.5. The maximum absolute atomic E-state index is 10.0. The smallest absolute Gasteiger partial charge is 0.155 e. The molecular weight excluding hydrogens is 687 g/mol. The Labute approximate surface area is 253 Å². The molecule has 205 valence electrons. The molecule has 2 aromatic heterocycles. The van der Waals surface area contributed by atoms with Gasteiger partial charge in [-0.15, -0.1) is 35.4 Å². The zero-order valence-electron chi connectivity index (χ0n) is 22.7. The van der Waals surface area contributed by atoms with E-state index in [2.05, 4.69) is 84.9 Å². The van der Waals surface area contributed by atoms with Crippen LogP contribution in [-0.4, -0.2) is 15.9 Å². The van der Waals surface area contributed by atoms with Gasteiger partial charge in [0.2, 0.25) is 0 Å². The van der Waals surface area contributed by atoms with Crippen molar-refractivity contribution in [3.8, 4) is 44.8 Å². The summed E-state index contributed by atoms with van der Waals surface area (Å²) in [5.41, 5.74) is 8.18. The SMILES string of the molecule is CC(=O)/C=C(/C)O.[Ir].[c-]1ccc(-c2ccccc2)cc1-c1cc2c(-c3ccccc3)c(-c3ccccc3)oc2cn1. The number of nitrogens with zero attached hydrogens (tertiary/aromatic N) is 1. The van der Waals surface area contributed by atoms with Gasteiger partial charge in [0.25, 0.3) is 0 Å². The Bertz CT molecular complexity index is 1770. The van der Waals surface area contributed by atoms with Crippen LogP contribution >= 0.6 is 0 Å². The fourth-order valence-electron chi connectivity index (χ4n) is 4.55. The fraction of sp³-hybridized carbons (Fsp3) is 0.0556. The van der Waals surface area contributed by atoms with E-state index in [1.165, 1.54) is 25.5 Å². The molecule has 41 heavy (non-hydrogen) atoms. The monoisotopic (exact) mass is 715 g/mol. The molecule has 4 nitrogen and oxygen atoms in total. The number of furan rings is 1. The predicted molar refractivity (Wildman–Crippen MR) is 162 cm³/mol. The topological polar surface area (TPSA) is 63.3 Å². The number of aliphatic hydroxyl groups excluding tert-OH is 1.